The third-order valence-electron chi connectivity index (χ3n) is 7.55. The maximum absolute atomic E-state index is 16.4. The molecule has 0 bridgehead atoms. The highest BCUT2D eigenvalue weighted by Gasteiger charge is 2.31. The van der Waals surface area contributed by atoms with Gasteiger partial charge in [-0.25, -0.2) is 18.2 Å². The molecule has 190 valence electrons. The summed E-state index contributed by atoms with van der Waals surface area (Å²) >= 11 is 0. The zero-order valence-electron chi connectivity index (χ0n) is 20.0. The van der Waals surface area contributed by atoms with E-state index in [1.165, 1.54) is 12.1 Å². The molecule has 7 rings (SSSR count). The van der Waals surface area contributed by atoms with E-state index in [9.17, 15) is 13.6 Å². The minimum absolute atomic E-state index is 0.0976. The van der Waals surface area contributed by atoms with Gasteiger partial charge in [0.05, 0.1) is 35.4 Å². The number of aromatic nitrogens is 4. The first kappa shape index (κ1) is 22.5. The van der Waals surface area contributed by atoms with Crippen LogP contribution in [0.4, 0.5) is 18.9 Å². The number of nitrogens with zero attached hydrogens (tertiary/aromatic N) is 5. The monoisotopic (exact) mass is 507 g/mol. The van der Waals surface area contributed by atoms with Gasteiger partial charge in [0.15, 0.2) is 5.82 Å². The number of hydrogen-bond acceptors (Lipinski definition) is 5. The van der Waals surface area contributed by atoms with Crippen molar-refractivity contribution in [2.75, 3.05) is 24.6 Å². The lowest BCUT2D eigenvalue weighted by molar-refractivity contribution is 0.0395. The maximum Gasteiger partial charge on any atom is 0.261 e. The molecule has 7 nitrogen and oxygen atoms in total. The summed E-state index contributed by atoms with van der Waals surface area (Å²) in [6.07, 6.45) is 6.98. The van der Waals surface area contributed by atoms with E-state index in [-0.39, 0.29) is 39.4 Å². The average Bonchev–Trinajstić information content (AvgIpc) is 3.42. The molecule has 4 aromatic rings. The first-order chi connectivity index (χ1) is 18.0. The molecule has 2 aliphatic heterocycles. The van der Waals surface area contributed by atoms with Crippen molar-refractivity contribution >= 4 is 16.6 Å². The smallest absolute Gasteiger partial charge is 0.261 e. The molecule has 2 fully saturated rings. The minimum Gasteiger partial charge on any atom is -0.370 e. The molecule has 0 amide bonds. The van der Waals surface area contributed by atoms with Crippen LogP contribution in [0.15, 0.2) is 41.5 Å². The fourth-order valence-corrected chi connectivity index (χ4v) is 5.48. The van der Waals surface area contributed by atoms with Crippen LogP contribution >= 0.6 is 0 Å². The maximum atomic E-state index is 16.4. The van der Waals surface area contributed by atoms with E-state index in [1.807, 2.05) is 15.8 Å². The Morgan fingerprint density at radius 2 is 1.95 bits per heavy atom. The van der Waals surface area contributed by atoms with Crippen LogP contribution in [0.1, 0.15) is 42.8 Å². The van der Waals surface area contributed by atoms with Gasteiger partial charge in [0.25, 0.3) is 5.56 Å². The van der Waals surface area contributed by atoms with Crippen LogP contribution in [-0.4, -0.2) is 39.0 Å². The Morgan fingerprint density at radius 1 is 1.08 bits per heavy atom. The molecule has 37 heavy (non-hydrogen) atoms. The second kappa shape index (κ2) is 8.44. The van der Waals surface area contributed by atoms with Gasteiger partial charge in [-0.2, -0.15) is 5.10 Å². The van der Waals surface area contributed by atoms with Crippen LogP contribution in [0.2, 0.25) is 0 Å². The Hall–Kier alpha value is -3.66. The SMILES string of the molecule is O=c1c2cc(N3CCO[C@@H](c4cnn(C5CC5)c4)C3)c(F)c(-c3ccc(F)cc3F)c2nc2n1CCC2. The fraction of sp³-hybridized carbons (Fsp3) is 0.370. The van der Waals surface area contributed by atoms with Gasteiger partial charge in [-0.3, -0.25) is 14.0 Å². The van der Waals surface area contributed by atoms with E-state index < -0.39 is 17.5 Å². The van der Waals surface area contributed by atoms with Gasteiger partial charge in [0, 0.05) is 55.0 Å². The van der Waals surface area contributed by atoms with Gasteiger partial charge in [-0.1, -0.05) is 0 Å². The molecule has 2 aromatic carbocycles. The molecule has 4 heterocycles. The van der Waals surface area contributed by atoms with Crippen molar-refractivity contribution in [3.05, 3.63) is 75.9 Å². The van der Waals surface area contributed by atoms with Gasteiger partial charge < -0.3 is 9.64 Å². The van der Waals surface area contributed by atoms with Crippen LogP contribution in [0.5, 0.6) is 0 Å². The van der Waals surface area contributed by atoms with E-state index in [2.05, 4.69) is 10.1 Å². The minimum atomic E-state index is -0.910. The standard InChI is InChI=1S/C27H24F3N5O2/c28-16-3-6-18(20(29)10-16)24-25(30)21(11-19-26(24)32-23-2-1-7-34(23)27(19)36)33-8-9-37-22(14-33)15-12-31-35(13-15)17-4-5-17/h3,6,10-13,17,22H,1-2,4-5,7-9,14H2/t22-/m1/s1. The van der Waals surface area contributed by atoms with E-state index in [0.29, 0.717) is 44.5 Å². The van der Waals surface area contributed by atoms with E-state index in [4.69, 9.17) is 4.74 Å². The summed E-state index contributed by atoms with van der Waals surface area (Å²) in [5.41, 5.74) is 0.644. The molecule has 10 heteroatoms. The van der Waals surface area contributed by atoms with Gasteiger partial charge in [0.1, 0.15) is 23.6 Å². The molecule has 0 spiro atoms. The third-order valence-corrected chi connectivity index (χ3v) is 7.55. The predicted octanol–water partition coefficient (Wildman–Crippen LogP) is 4.54. The summed E-state index contributed by atoms with van der Waals surface area (Å²) in [4.78, 5) is 19.9. The summed E-state index contributed by atoms with van der Waals surface area (Å²) in [7, 11) is 0. The van der Waals surface area contributed by atoms with Gasteiger partial charge >= 0.3 is 0 Å². The topological polar surface area (TPSA) is 65.2 Å². The third kappa shape index (κ3) is 3.73. The van der Waals surface area contributed by atoms with E-state index in [1.54, 1.807) is 10.8 Å². The van der Waals surface area contributed by atoms with Crippen LogP contribution in [0.3, 0.4) is 0 Å². The van der Waals surface area contributed by atoms with Gasteiger partial charge in [-0.15, -0.1) is 0 Å². The summed E-state index contributed by atoms with van der Waals surface area (Å²) < 4.78 is 54.6. The first-order valence-electron chi connectivity index (χ1n) is 12.6. The van der Waals surface area contributed by atoms with E-state index in [0.717, 1.165) is 37.0 Å². The number of hydrogen-bond donors (Lipinski definition) is 0. The highest BCUT2D eigenvalue weighted by Crippen LogP contribution is 2.39. The lowest BCUT2D eigenvalue weighted by atomic mass is 9.98. The van der Waals surface area contributed by atoms with Gasteiger partial charge in [-0.05, 0) is 37.5 Å². The van der Waals surface area contributed by atoms with Crippen LogP contribution < -0.4 is 10.5 Å². The Morgan fingerprint density at radius 3 is 2.76 bits per heavy atom. The quantitative estimate of drug-likeness (QED) is 0.406. The normalized spacial score (nSPS) is 19.5. The number of aryl methyl sites for hydroxylation is 1. The second-order valence-electron chi connectivity index (χ2n) is 9.98. The van der Waals surface area contributed by atoms with Crippen molar-refractivity contribution in [3.8, 4) is 11.1 Å². The van der Waals surface area contributed by atoms with Gasteiger partial charge in [0.2, 0.25) is 0 Å². The number of ether oxygens (including phenoxy) is 1. The molecule has 1 aliphatic carbocycles. The summed E-state index contributed by atoms with van der Waals surface area (Å²) in [6.45, 7) is 1.61. The lowest BCUT2D eigenvalue weighted by Crippen LogP contribution is -2.39. The number of benzene rings is 2. The molecular formula is C27H24F3N5O2. The molecule has 2 aromatic heterocycles. The van der Waals surface area contributed by atoms with Crippen molar-refractivity contribution in [3.63, 3.8) is 0 Å². The van der Waals surface area contributed by atoms with Crippen molar-refractivity contribution in [2.24, 2.45) is 0 Å². The van der Waals surface area contributed by atoms with Crippen molar-refractivity contribution in [1.82, 2.24) is 19.3 Å². The zero-order chi connectivity index (χ0) is 25.3. The summed E-state index contributed by atoms with van der Waals surface area (Å²) in [6, 6.07) is 4.95. The van der Waals surface area contributed by atoms with Crippen molar-refractivity contribution in [1.29, 1.82) is 0 Å². The van der Waals surface area contributed by atoms with Crippen LogP contribution in [0.25, 0.3) is 22.0 Å². The van der Waals surface area contributed by atoms with E-state index >= 15 is 4.39 Å². The Balaban J connectivity index is 1.38. The molecule has 0 radical (unpaired) electrons. The van der Waals surface area contributed by atoms with Crippen molar-refractivity contribution in [2.45, 2.75) is 44.4 Å². The fourth-order valence-electron chi connectivity index (χ4n) is 5.48. The first-order valence-corrected chi connectivity index (χ1v) is 12.6. The Labute approximate surface area is 210 Å². The number of fused-ring (bicyclic) bond motifs is 2. The largest absolute Gasteiger partial charge is 0.370 e. The molecule has 1 atom stereocenters. The number of morpholine rings is 1. The highest BCUT2D eigenvalue weighted by molar-refractivity contribution is 5.97. The Kier molecular flexibility index (Phi) is 5.14. The van der Waals surface area contributed by atoms with Crippen LogP contribution in [0, 0.1) is 17.5 Å². The summed E-state index contributed by atoms with van der Waals surface area (Å²) in [5, 5.41) is 4.66. The number of rotatable bonds is 4. The molecule has 0 unspecified atom stereocenters. The molecule has 3 aliphatic rings. The molecule has 1 saturated carbocycles. The summed E-state index contributed by atoms with van der Waals surface area (Å²) in [5.74, 6) is -1.82. The van der Waals surface area contributed by atoms with Crippen LogP contribution in [-0.2, 0) is 17.7 Å². The number of anilines is 1. The number of halogens is 3. The second-order valence-corrected chi connectivity index (χ2v) is 9.98. The predicted molar refractivity (Wildman–Crippen MR) is 131 cm³/mol. The molecular weight excluding hydrogens is 483 g/mol. The molecule has 0 N–H and O–H groups in total. The average molecular weight is 508 g/mol. The molecule has 1 saturated heterocycles. The van der Waals surface area contributed by atoms with Crippen molar-refractivity contribution < 1.29 is 17.9 Å². The zero-order valence-corrected chi connectivity index (χ0v) is 20.0. The highest BCUT2D eigenvalue weighted by atomic mass is 19.1. The Bertz CT molecular complexity index is 1610. The lowest BCUT2D eigenvalue weighted by Gasteiger charge is -2.35.